The molecule has 0 bridgehead atoms. The Morgan fingerprint density at radius 3 is 1.23 bits per heavy atom. The average molecular weight is 716 g/mol. The number of hydrogen-bond donors (Lipinski definition) is 0. The van der Waals surface area contributed by atoms with Gasteiger partial charge in [0.1, 0.15) is 0 Å². The van der Waals surface area contributed by atoms with Crippen molar-refractivity contribution in [2.45, 2.75) is 0 Å². The van der Waals surface area contributed by atoms with Crippen molar-refractivity contribution in [3.63, 3.8) is 0 Å². The molecule has 11 rings (SSSR count). The van der Waals surface area contributed by atoms with Crippen LogP contribution in [0.25, 0.3) is 100 Å². The molecule has 0 aliphatic rings. The van der Waals surface area contributed by atoms with Crippen LogP contribution in [0, 0.1) is 0 Å². The smallest absolute Gasteiger partial charge is 0.164 e. The third kappa shape index (κ3) is 5.21. The Morgan fingerprint density at radius 1 is 0.286 bits per heavy atom. The van der Waals surface area contributed by atoms with Gasteiger partial charge < -0.3 is 9.13 Å². The van der Waals surface area contributed by atoms with E-state index in [1.165, 1.54) is 21.5 Å². The molecule has 3 aromatic heterocycles. The molecular weight excluding hydrogens is 683 g/mol. The monoisotopic (exact) mass is 715 g/mol. The van der Waals surface area contributed by atoms with E-state index in [0.29, 0.717) is 17.5 Å². The third-order valence-corrected chi connectivity index (χ3v) is 10.8. The molecule has 5 heteroatoms. The zero-order valence-corrected chi connectivity index (χ0v) is 30.3. The maximum atomic E-state index is 5.26. The summed E-state index contributed by atoms with van der Waals surface area (Å²) >= 11 is 0. The highest BCUT2D eigenvalue weighted by atomic mass is 15.0. The summed E-state index contributed by atoms with van der Waals surface area (Å²) in [5.41, 5.74) is 11.7. The molecule has 0 saturated heterocycles. The van der Waals surface area contributed by atoms with Crippen LogP contribution < -0.4 is 0 Å². The summed E-state index contributed by atoms with van der Waals surface area (Å²) in [7, 11) is 0. The Balaban J connectivity index is 1.14. The van der Waals surface area contributed by atoms with E-state index < -0.39 is 0 Å². The van der Waals surface area contributed by atoms with Gasteiger partial charge in [0.15, 0.2) is 17.5 Å². The second-order valence-corrected chi connectivity index (χ2v) is 14.1. The van der Waals surface area contributed by atoms with Crippen molar-refractivity contribution in [1.29, 1.82) is 0 Å². The van der Waals surface area contributed by atoms with Gasteiger partial charge in [0.05, 0.1) is 27.8 Å². The fraction of sp³-hybridized carbons (Fsp3) is 0. The van der Waals surface area contributed by atoms with Crippen molar-refractivity contribution in [2.75, 3.05) is 0 Å². The van der Waals surface area contributed by atoms with Crippen molar-refractivity contribution in [3.05, 3.63) is 200 Å². The minimum Gasteiger partial charge on any atom is -0.309 e. The van der Waals surface area contributed by atoms with Gasteiger partial charge >= 0.3 is 0 Å². The van der Waals surface area contributed by atoms with Crippen molar-refractivity contribution >= 4 is 43.6 Å². The molecule has 8 aromatic carbocycles. The van der Waals surface area contributed by atoms with Gasteiger partial charge in [0, 0.05) is 49.5 Å². The molecule has 0 amide bonds. The van der Waals surface area contributed by atoms with E-state index in [0.717, 1.165) is 61.3 Å². The molecule has 0 saturated carbocycles. The van der Waals surface area contributed by atoms with Gasteiger partial charge in [-0.1, -0.05) is 158 Å². The second kappa shape index (κ2) is 13.0. The Labute approximate surface area is 323 Å². The van der Waals surface area contributed by atoms with Gasteiger partial charge in [-0.25, -0.2) is 15.0 Å². The molecule has 11 aromatic rings. The summed E-state index contributed by atoms with van der Waals surface area (Å²) in [5, 5.41) is 4.87. The molecule has 262 valence electrons. The normalized spacial score (nSPS) is 11.6. The first-order valence-electron chi connectivity index (χ1n) is 18.9. The summed E-state index contributed by atoms with van der Waals surface area (Å²) in [4.78, 5) is 15.6. The fourth-order valence-corrected chi connectivity index (χ4v) is 8.23. The van der Waals surface area contributed by atoms with Crippen LogP contribution in [0.3, 0.4) is 0 Å². The van der Waals surface area contributed by atoms with E-state index in [1.54, 1.807) is 0 Å². The third-order valence-electron chi connectivity index (χ3n) is 10.8. The number of rotatable bonds is 6. The molecule has 0 aliphatic heterocycles. The quantitative estimate of drug-likeness (QED) is 0.172. The lowest BCUT2D eigenvalue weighted by Gasteiger charge is -2.16. The lowest BCUT2D eigenvalue weighted by Crippen LogP contribution is -2.02. The molecule has 0 spiro atoms. The number of fused-ring (bicyclic) bond motifs is 6. The van der Waals surface area contributed by atoms with Crippen LogP contribution in [0.4, 0.5) is 0 Å². The summed E-state index contributed by atoms with van der Waals surface area (Å²) in [5.74, 6) is 1.85. The molecule has 0 fully saturated rings. The van der Waals surface area contributed by atoms with Crippen molar-refractivity contribution in [2.24, 2.45) is 0 Å². The highest BCUT2D eigenvalue weighted by molar-refractivity contribution is 6.10. The number of nitrogens with zero attached hydrogens (tertiary/aromatic N) is 5. The largest absolute Gasteiger partial charge is 0.309 e. The van der Waals surface area contributed by atoms with Crippen LogP contribution in [-0.4, -0.2) is 24.1 Å². The van der Waals surface area contributed by atoms with Gasteiger partial charge in [-0.05, 0) is 48.0 Å². The van der Waals surface area contributed by atoms with E-state index in [2.05, 4.69) is 191 Å². The first-order valence-corrected chi connectivity index (χ1v) is 18.9. The number of para-hydroxylation sites is 4. The summed E-state index contributed by atoms with van der Waals surface area (Å²) in [6.07, 6.45) is 0. The average Bonchev–Trinajstić information content (AvgIpc) is 3.80. The van der Waals surface area contributed by atoms with Crippen LogP contribution >= 0.6 is 0 Å². The van der Waals surface area contributed by atoms with Crippen molar-refractivity contribution in [3.8, 4) is 56.7 Å². The predicted octanol–water partition coefficient (Wildman–Crippen LogP) is 12.7. The molecule has 0 unspecified atom stereocenters. The maximum Gasteiger partial charge on any atom is 0.164 e. The Kier molecular flexibility index (Phi) is 7.42. The molecule has 0 N–H and O–H groups in total. The molecule has 3 heterocycles. The van der Waals surface area contributed by atoms with Crippen LogP contribution in [0.2, 0.25) is 0 Å². The van der Waals surface area contributed by atoms with Crippen molar-refractivity contribution in [1.82, 2.24) is 24.1 Å². The molecule has 0 atom stereocenters. The summed E-state index contributed by atoms with van der Waals surface area (Å²) in [6, 6.07) is 70.3. The molecule has 0 radical (unpaired) electrons. The van der Waals surface area contributed by atoms with Gasteiger partial charge in [0.2, 0.25) is 0 Å². The zero-order valence-electron chi connectivity index (χ0n) is 30.3. The van der Waals surface area contributed by atoms with Gasteiger partial charge in [-0.15, -0.1) is 0 Å². The summed E-state index contributed by atoms with van der Waals surface area (Å²) in [6.45, 7) is 0. The van der Waals surface area contributed by atoms with E-state index >= 15 is 0 Å². The first kappa shape index (κ1) is 31.9. The van der Waals surface area contributed by atoms with Crippen LogP contribution in [0.15, 0.2) is 200 Å². The minimum atomic E-state index is 0.609. The molecular formula is C51H33N5. The first-order chi connectivity index (χ1) is 27.8. The van der Waals surface area contributed by atoms with E-state index in [4.69, 9.17) is 15.0 Å². The molecule has 56 heavy (non-hydrogen) atoms. The van der Waals surface area contributed by atoms with E-state index in [-0.39, 0.29) is 0 Å². The lowest BCUT2D eigenvalue weighted by molar-refractivity contribution is 1.07. The standard InChI is InChI=1S/C51H33N5/c1-3-16-34(17-4-1)39-31-30-37(33-48(39)56-46-28-13-9-24-42(46)43-25-10-14-29-47(43)56)51-53-49(35-18-5-2-6-19-35)52-50(54-51)36-20-15-21-38(32-36)55-44-26-11-7-22-40(44)41-23-8-12-27-45(41)55/h1-33H. The highest BCUT2D eigenvalue weighted by Gasteiger charge is 2.19. The Hall–Kier alpha value is -7.63. The van der Waals surface area contributed by atoms with Gasteiger partial charge in [-0.2, -0.15) is 0 Å². The molecule has 0 aliphatic carbocycles. The van der Waals surface area contributed by atoms with Gasteiger partial charge in [-0.3, -0.25) is 0 Å². The van der Waals surface area contributed by atoms with E-state index in [9.17, 15) is 0 Å². The fourth-order valence-electron chi connectivity index (χ4n) is 8.23. The SMILES string of the molecule is c1ccc(-c2nc(-c3cccc(-n4c5ccccc5c5ccccc54)c3)nc(-c3ccc(-c4ccccc4)c(-n4c5ccccc5c5ccccc54)c3)n2)cc1. The zero-order chi connectivity index (χ0) is 37.0. The van der Waals surface area contributed by atoms with Crippen LogP contribution in [0.5, 0.6) is 0 Å². The highest BCUT2D eigenvalue weighted by Crippen LogP contribution is 2.39. The van der Waals surface area contributed by atoms with Crippen LogP contribution in [0.1, 0.15) is 0 Å². The Bertz CT molecular complexity index is 3140. The lowest BCUT2D eigenvalue weighted by atomic mass is 10.0. The molecule has 5 nitrogen and oxygen atoms in total. The van der Waals surface area contributed by atoms with Crippen LogP contribution in [-0.2, 0) is 0 Å². The predicted molar refractivity (Wildman–Crippen MR) is 230 cm³/mol. The number of benzene rings is 8. The Morgan fingerprint density at radius 2 is 0.696 bits per heavy atom. The maximum absolute atomic E-state index is 5.26. The number of hydrogen-bond acceptors (Lipinski definition) is 3. The topological polar surface area (TPSA) is 48.5 Å². The number of aromatic nitrogens is 5. The second-order valence-electron chi connectivity index (χ2n) is 14.1. The van der Waals surface area contributed by atoms with Crippen molar-refractivity contribution < 1.29 is 0 Å². The van der Waals surface area contributed by atoms with E-state index in [1.807, 2.05) is 18.2 Å². The summed E-state index contributed by atoms with van der Waals surface area (Å²) < 4.78 is 4.71. The van der Waals surface area contributed by atoms with Gasteiger partial charge in [0.25, 0.3) is 0 Å². The minimum absolute atomic E-state index is 0.609.